The molecule has 0 heterocycles. The Hall–Kier alpha value is -1.78. The van der Waals surface area contributed by atoms with Crippen molar-refractivity contribution in [1.29, 1.82) is 0 Å². The molecule has 0 amide bonds. The molecule has 1 aromatic rings. The molecular weight excluding hydrogens is 204 g/mol. The normalized spacial score (nSPS) is 24.9. The summed E-state index contributed by atoms with van der Waals surface area (Å²) in [6, 6.07) is 6.70. The van der Waals surface area contributed by atoms with Crippen LogP contribution in [0.3, 0.4) is 0 Å². The summed E-state index contributed by atoms with van der Waals surface area (Å²) in [4.78, 5) is 0. The number of hydrogen-bond donors (Lipinski definition) is 4. The van der Waals surface area contributed by atoms with Gasteiger partial charge in [-0.2, -0.15) is 0 Å². The summed E-state index contributed by atoms with van der Waals surface area (Å²) in [5, 5.41) is 19.7. The van der Waals surface area contributed by atoms with Crippen molar-refractivity contribution < 1.29 is 10.2 Å². The van der Waals surface area contributed by atoms with Crippen LogP contribution in [0.25, 0.3) is 5.57 Å². The molecule has 1 aromatic carbocycles. The lowest BCUT2D eigenvalue weighted by molar-refractivity contribution is 0.111. The molecule has 0 bridgehead atoms. The van der Waals surface area contributed by atoms with Gasteiger partial charge in [0, 0.05) is 23.3 Å². The lowest BCUT2D eigenvalue weighted by atomic mass is 9.88. The Morgan fingerprint density at radius 2 is 1.94 bits per heavy atom. The van der Waals surface area contributed by atoms with Crippen molar-refractivity contribution in [3.8, 4) is 5.75 Å². The molecule has 84 valence electrons. The number of para-hydroxylation sites is 1. The van der Waals surface area contributed by atoms with E-state index in [1.807, 2.05) is 0 Å². The first-order valence-corrected chi connectivity index (χ1v) is 4.98. The molecule has 6 N–H and O–H groups in total. The minimum atomic E-state index is -1.48. The fourth-order valence-corrected chi connectivity index (χ4v) is 1.75. The molecule has 0 radical (unpaired) electrons. The smallest absolute Gasteiger partial charge is 0.143 e. The summed E-state index contributed by atoms with van der Waals surface area (Å²) in [7, 11) is 0. The van der Waals surface area contributed by atoms with Crippen LogP contribution in [-0.4, -0.2) is 15.9 Å². The van der Waals surface area contributed by atoms with Gasteiger partial charge in [0.25, 0.3) is 0 Å². The SMILES string of the molecule is NC1=CCC(N)(O)C(c2ccccc2O)=C1. The molecule has 0 aromatic heterocycles. The van der Waals surface area contributed by atoms with Crippen LogP contribution in [0, 0.1) is 0 Å². The third-order valence-corrected chi connectivity index (χ3v) is 2.62. The number of rotatable bonds is 1. The van der Waals surface area contributed by atoms with Crippen molar-refractivity contribution in [3.05, 3.63) is 47.7 Å². The molecule has 1 unspecified atom stereocenters. The van der Waals surface area contributed by atoms with E-state index in [2.05, 4.69) is 0 Å². The summed E-state index contributed by atoms with van der Waals surface area (Å²) in [5.41, 5.74) is 11.4. The zero-order valence-corrected chi connectivity index (χ0v) is 8.72. The topological polar surface area (TPSA) is 92.5 Å². The van der Waals surface area contributed by atoms with E-state index >= 15 is 0 Å². The van der Waals surface area contributed by atoms with Gasteiger partial charge in [-0.3, -0.25) is 5.73 Å². The highest BCUT2D eigenvalue weighted by atomic mass is 16.3. The minimum absolute atomic E-state index is 0.0762. The maximum absolute atomic E-state index is 10.0. The Morgan fingerprint density at radius 1 is 1.25 bits per heavy atom. The van der Waals surface area contributed by atoms with Crippen LogP contribution in [0.5, 0.6) is 5.75 Å². The summed E-state index contributed by atoms with van der Waals surface area (Å²) in [6.07, 6.45) is 3.47. The number of aliphatic hydroxyl groups is 1. The maximum Gasteiger partial charge on any atom is 0.143 e. The fourth-order valence-electron chi connectivity index (χ4n) is 1.75. The molecular formula is C12H14N2O2. The average molecular weight is 218 g/mol. The predicted molar refractivity (Wildman–Crippen MR) is 62.1 cm³/mol. The van der Waals surface area contributed by atoms with Gasteiger partial charge in [-0.05, 0) is 12.1 Å². The minimum Gasteiger partial charge on any atom is -0.507 e. The van der Waals surface area contributed by atoms with E-state index in [0.29, 0.717) is 16.8 Å². The predicted octanol–water partition coefficient (Wildman–Crippen LogP) is 0.669. The Bertz CT molecular complexity index is 476. The molecule has 16 heavy (non-hydrogen) atoms. The van der Waals surface area contributed by atoms with Crippen LogP contribution in [0.15, 0.2) is 42.1 Å². The zero-order chi connectivity index (χ0) is 11.8. The fraction of sp³-hybridized carbons (Fsp3) is 0.167. The highest BCUT2D eigenvalue weighted by Gasteiger charge is 2.30. The second-order valence-electron chi connectivity index (χ2n) is 3.91. The monoisotopic (exact) mass is 218 g/mol. The van der Waals surface area contributed by atoms with Gasteiger partial charge in [0.1, 0.15) is 11.5 Å². The summed E-state index contributed by atoms with van der Waals surface area (Å²) in [6.45, 7) is 0. The summed E-state index contributed by atoms with van der Waals surface area (Å²) < 4.78 is 0. The lowest BCUT2D eigenvalue weighted by Gasteiger charge is -2.29. The molecule has 0 fully saturated rings. The standard InChI is InChI=1S/C12H14N2O2/c13-8-5-6-12(14,16)10(7-8)9-3-1-2-4-11(9)15/h1-5,7,15-16H,6,13-14H2. The number of allylic oxidation sites excluding steroid dienone is 1. The largest absolute Gasteiger partial charge is 0.507 e. The van der Waals surface area contributed by atoms with Crippen LogP contribution in [0.4, 0.5) is 0 Å². The summed E-state index contributed by atoms with van der Waals surface area (Å²) in [5.74, 6) is 0.0762. The van der Waals surface area contributed by atoms with E-state index < -0.39 is 5.72 Å². The number of phenolic OH excluding ortho intramolecular Hbond substituents is 1. The van der Waals surface area contributed by atoms with E-state index in [4.69, 9.17) is 11.5 Å². The van der Waals surface area contributed by atoms with Gasteiger partial charge >= 0.3 is 0 Å². The first-order chi connectivity index (χ1) is 7.50. The maximum atomic E-state index is 10.0. The van der Waals surface area contributed by atoms with E-state index in [0.717, 1.165) is 0 Å². The van der Waals surface area contributed by atoms with Gasteiger partial charge < -0.3 is 15.9 Å². The Labute approximate surface area is 93.5 Å². The van der Waals surface area contributed by atoms with E-state index in [1.165, 1.54) is 0 Å². The number of aromatic hydroxyl groups is 1. The first-order valence-electron chi connectivity index (χ1n) is 4.98. The van der Waals surface area contributed by atoms with Gasteiger partial charge in [0.15, 0.2) is 0 Å². The molecule has 0 saturated heterocycles. The molecule has 2 rings (SSSR count). The molecule has 1 aliphatic carbocycles. The van der Waals surface area contributed by atoms with Crippen LogP contribution in [0.1, 0.15) is 12.0 Å². The van der Waals surface area contributed by atoms with Crippen molar-refractivity contribution in [2.24, 2.45) is 11.5 Å². The van der Waals surface area contributed by atoms with Gasteiger partial charge in [-0.15, -0.1) is 0 Å². The quantitative estimate of drug-likeness (QED) is 0.521. The number of phenols is 1. The van der Waals surface area contributed by atoms with E-state index in [1.54, 1.807) is 36.4 Å². The van der Waals surface area contributed by atoms with Crippen molar-refractivity contribution in [2.45, 2.75) is 12.1 Å². The van der Waals surface area contributed by atoms with Gasteiger partial charge in [0.2, 0.25) is 0 Å². The molecule has 4 heteroatoms. The molecule has 1 aliphatic rings. The van der Waals surface area contributed by atoms with Crippen molar-refractivity contribution in [2.75, 3.05) is 0 Å². The van der Waals surface area contributed by atoms with Gasteiger partial charge in [0.05, 0.1) is 0 Å². The van der Waals surface area contributed by atoms with Crippen molar-refractivity contribution in [1.82, 2.24) is 0 Å². The second-order valence-corrected chi connectivity index (χ2v) is 3.91. The zero-order valence-electron chi connectivity index (χ0n) is 8.72. The van der Waals surface area contributed by atoms with E-state index in [-0.39, 0.29) is 12.2 Å². The van der Waals surface area contributed by atoms with Crippen LogP contribution in [0.2, 0.25) is 0 Å². The highest BCUT2D eigenvalue weighted by Crippen LogP contribution is 2.35. The third kappa shape index (κ3) is 1.80. The second kappa shape index (κ2) is 3.66. The Morgan fingerprint density at radius 3 is 2.62 bits per heavy atom. The van der Waals surface area contributed by atoms with Crippen LogP contribution in [-0.2, 0) is 0 Å². The molecule has 0 saturated carbocycles. The lowest BCUT2D eigenvalue weighted by Crippen LogP contribution is -2.42. The molecule has 1 atom stereocenters. The van der Waals surface area contributed by atoms with Crippen molar-refractivity contribution in [3.63, 3.8) is 0 Å². The van der Waals surface area contributed by atoms with Crippen molar-refractivity contribution >= 4 is 5.57 Å². The van der Waals surface area contributed by atoms with Gasteiger partial charge in [-0.1, -0.05) is 24.3 Å². The highest BCUT2D eigenvalue weighted by molar-refractivity contribution is 5.78. The summed E-state index contributed by atoms with van der Waals surface area (Å²) >= 11 is 0. The molecule has 0 spiro atoms. The number of hydrogen-bond acceptors (Lipinski definition) is 4. The Kier molecular flexibility index (Phi) is 2.46. The van der Waals surface area contributed by atoms with Gasteiger partial charge in [-0.25, -0.2) is 0 Å². The first kappa shape index (κ1) is 10.7. The Balaban J connectivity index is 2.54. The number of nitrogens with two attached hydrogens (primary N) is 2. The average Bonchev–Trinajstić information content (AvgIpc) is 2.23. The van der Waals surface area contributed by atoms with E-state index in [9.17, 15) is 10.2 Å². The molecule has 0 aliphatic heterocycles. The number of benzene rings is 1. The van der Waals surface area contributed by atoms with Crippen LogP contribution >= 0.6 is 0 Å². The third-order valence-electron chi connectivity index (χ3n) is 2.62. The van der Waals surface area contributed by atoms with Crippen LogP contribution < -0.4 is 11.5 Å². The molecule has 4 nitrogen and oxygen atoms in total.